The van der Waals surface area contributed by atoms with Crippen molar-refractivity contribution in [3.8, 4) is 0 Å². The minimum absolute atomic E-state index is 0.0364. The molecule has 0 aliphatic carbocycles. The zero-order chi connectivity index (χ0) is 17.5. The third-order valence-electron chi connectivity index (χ3n) is 5.35. The number of nitrogens with one attached hydrogen (secondary N) is 1. The van der Waals surface area contributed by atoms with Gasteiger partial charge in [0.2, 0.25) is 11.8 Å². The molecule has 2 heterocycles. The van der Waals surface area contributed by atoms with Gasteiger partial charge in [-0.05, 0) is 56.7 Å². The van der Waals surface area contributed by atoms with Gasteiger partial charge in [-0.3, -0.25) is 14.5 Å². The van der Waals surface area contributed by atoms with Crippen LogP contribution in [0.5, 0.6) is 0 Å². The number of rotatable bonds is 5. The van der Waals surface area contributed by atoms with Crippen LogP contribution in [0.1, 0.15) is 43.6 Å². The molecule has 1 N–H and O–H groups in total. The molecule has 0 bridgehead atoms. The van der Waals surface area contributed by atoms with Crippen molar-refractivity contribution in [2.75, 3.05) is 39.3 Å². The number of amides is 2. The fourth-order valence-corrected chi connectivity index (χ4v) is 3.88. The molecule has 136 valence electrons. The fourth-order valence-electron chi connectivity index (χ4n) is 3.88. The summed E-state index contributed by atoms with van der Waals surface area (Å²) in [5.74, 6) is 0.600. The van der Waals surface area contributed by atoms with E-state index >= 15 is 0 Å². The SMILES string of the molecule is O=C(CN1CCCC(c2ccccc2)CC1)NCC(=O)N1CCCC1. The molecule has 0 radical (unpaired) electrons. The molecule has 25 heavy (non-hydrogen) atoms. The molecule has 0 spiro atoms. The van der Waals surface area contributed by atoms with E-state index in [1.807, 2.05) is 4.90 Å². The van der Waals surface area contributed by atoms with E-state index in [0.717, 1.165) is 51.9 Å². The topological polar surface area (TPSA) is 52.7 Å². The molecule has 0 saturated carbocycles. The van der Waals surface area contributed by atoms with Gasteiger partial charge in [0.15, 0.2) is 0 Å². The lowest BCUT2D eigenvalue weighted by Gasteiger charge is -2.20. The van der Waals surface area contributed by atoms with E-state index in [9.17, 15) is 9.59 Å². The maximum absolute atomic E-state index is 12.2. The Morgan fingerprint density at radius 2 is 1.72 bits per heavy atom. The van der Waals surface area contributed by atoms with Gasteiger partial charge in [0, 0.05) is 13.1 Å². The van der Waals surface area contributed by atoms with Gasteiger partial charge in [-0.25, -0.2) is 0 Å². The normalized spacial score (nSPS) is 21.8. The summed E-state index contributed by atoms with van der Waals surface area (Å²) in [6.45, 7) is 4.10. The average Bonchev–Trinajstić information content (AvgIpc) is 3.08. The van der Waals surface area contributed by atoms with Crippen LogP contribution >= 0.6 is 0 Å². The van der Waals surface area contributed by atoms with E-state index < -0.39 is 0 Å². The van der Waals surface area contributed by atoms with Crippen LogP contribution in [-0.2, 0) is 9.59 Å². The number of carbonyl (C=O) groups excluding carboxylic acids is 2. The van der Waals surface area contributed by atoms with E-state index in [1.54, 1.807) is 0 Å². The van der Waals surface area contributed by atoms with Crippen LogP contribution in [0.15, 0.2) is 30.3 Å². The Labute approximate surface area is 150 Å². The molecule has 2 saturated heterocycles. The van der Waals surface area contributed by atoms with Gasteiger partial charge in [-0.2, -0.15) is 0 Å². The maximum Gasteiger partial charge on any atom is 0.241 e. The van der Waals surface area contributed by atoms with Crippen LogP contribution in [0.3, 0.4) is 0 Å². The molecule has 5 heteroatoms. The predicted molar refractivity (Wildman–Crippen MR) is 98.3 cm³/mol. The molecular weight excluding hydrogens is 314 g/mol. The van der Waals surface area contributed by atoms with Crippen LogP contribution in [0.25, 0.3) is 0 Å². The van der Waals surface area contributed by atoms with Gasteiger partial charge >= 0.3 is 0 Å². The van der Waals surface area contributed by atoms with Crippen molar-refractivity contribution in [1.82, 2.24) is 15.1 Å². The monoisotopic (exact) mass is 343 g/mol. The van der Waals surface area contributed by atoms with E-state index in [-0.39, 0.29) is 18.4 Å². The highest BCUT2D eigenvalue weighted by Gasteiger charge is 2.21. The number of nitrogens with zero attached hydrogens (tertiary/aromatic N) is 2. The quantitative estimate of drug-likeness (QED) is 0.890. The first-order valence-corrected chi connectivity index (χ1v) is 9.54. The highest BCUT2D eigenvalue weighted by atomic mass is 16.2. The summed E-state index contributed by atoms with van der Waals surface area (Å²) in [5, 5.41) is 2.80. The highest BCUT2D eigenvalue weighted by Crippen LogP contribution is 2.27. The van der Waals surface area contributed by atoms with E-state index in [1.165, 1.54) is 12.0 Å². The van der Waals surface area contributed by atoms with Gasteiger partial charge in [-0.15, -0.1) is 0 Å². The molecule has 0 aromatic heterocycles. The van der Waals surface area contributed by atoms with Crippen molar-refractivity contribution in [2.24, 2.45) is 0 Å². The van der Waals surface area contributed by atoms with Crippen molar-refractivity contribution in [1.29, 1.82) is 0 Å². The molecule has 2 amide bonds. The third-order valence-corrected chi connectivity index (χ3v) is 5.35. The van der Waals surface area contributed by atoms with Gasteiger partial charge in [0.05, 0.1) is 13.1 Å². The molecule has 1 aromatic rings. The maximum atomic E-state index is 12.2. The Bertz CT molecular complexity index is 570. The Hall–Kier alpha value is -1.88. The summed E-state index contributed by atoms with van der Waals surface area (Å²) in [4.78, 5) is 28.2. The van der Waals surface area contributed by atoms with Crippen LogP contribution in [0, 0.1) is 0 Å². The zero-order valence-electron chi connectivity index (χ0n) is 15.0. The van der Waals surface area contributed by atoms with Gasteiger partial charge in [-0.1, -0.05) is 30.3 Å². The summed E-state index contributed by atoms with van der Waals surface area (Å²) in [6, 6.07) is 10.7. The second-order valence-corrected chi connectivity index (χ2v) is 7.18. The van der Waals surface area contributed by atoms with Gasteiger partial charge in [0.1, 0.15) is 0 Å². The molecule has 1 aromatic carbocycles. The van der Waals surface area contributed by atoms with Crippen LogP contribution < -0.4 is 5.32 Å². The highest BCUT2D eigenvalue weighted by molar-refractivity contribution is 5.85. The Morgan fingerprint density at radius 1 is 0.960 bits per heavy atom. The van der Waals surface area contributed by atoms with Gasteiger partial charge < -0.3 is 10.2 Å². The summed E-state index contributed by atoms with van der Waals surface area (Å²) >= 11 is 0. The summed E-state index contributed by atoms with van der Waals surface area (Å²) in [6.07, 6.45) is 5.53. The smallest absolute Gasteiger partial charge is 0.241 e. The molecule has 3 rings (SSSR count). The number of likely N-dealkylation sites (tertiary alicyclic amines) is 2. The largest absolute Gasteiger partial charge is 0.346 e. The first-order chi connectivity index (χ1) is 12.2. The second-order valence-electron chi connectivity index (χ2n) is 7.18. The summed E-state index contributed by atoms with van der Waals surface area (Å²) in [7, 11) is 0. The van der Waals surface area contributed by atoms with Crippen molar-refractivity contribution in [3.05, 3.63) is 35.9 Å². The first kappa shape index (κ1) is 17.9. The lowest BCUT2D eigenvalue weighted by Crippen LogP contribution is -2.43. The molecule has 2 aliphatic rings. The fraction of sp³-hybridized carbons (Fsp3) is 0.600. The van der Waals surface area contributed by atoms with Crippen molar-refractivity contribution < 1.29 is 9.59 Å². The lowest BCUT2D eigenvalue weighted by atomic mass is 9.92. The van der Waals surface area contributed by atoms with Crippen molar-refractivity contribution in [2.45, 2.75) is 38.0 Å². The standard InChI is InChI=1S/C20H29N3O2/c24-19(21-15-20(25)23-12-4-5-13-23)16-22-11-6-9-18(10-14-22)17-7-2-1-3-8-17/h1-3,7-8,18H,4-6,9-16H2,(H,21,24). The zero-order valence-corrected chi connectivity index (χ0v) is 15.0. The Kier molecular flexibility index (Phi) is 6.45. The summed E-state index contributed by atoms with van der Waals surface area (Å²) < 4.78 is 0. The van der Waals surface area contributed by atoms with E-state index in [0.29, 0.717) is 12.5 Å². The van der Waals surface area contributed by atoms with Crippen LogP contribution in [0.2, 0.25) is 0 Å². The lowest BCUT2D eigenvalue weighted by molar-refractivity contribution is -0.132. The van der Waals surface area contributed by atoms with Crippen molar-refractivity contribution >= 4 is 11.8 Å². The minimum atomic E-state index is -0.0364. The summed E-state index contributed by atoms with van der Waals surface area (Å²) in [5.41, 5.74) is 1.41. The van der Waals surface area contributed by atoms with Crippen LogP contribution in [-0.4, -0.2) is 60.9 Å². The van der Waals surface area contributed by atoms with Gasteiger partial charge in [0.25, 0.3) is 0 Å². The Balaban J connectivity index is 1.40. The predicted octanol–water partition coefficient (Wildman–Crippen LogP) is 1.99. The van der Waals surface area contributed by atoms with Crippen molar-refractivity contribution in [3.63, 3.8) is 0 Å². The molecule has 2 fully saturated rings. The number of benzene rings is 1. The molecule has 1 unspecified atom stereocenters. The average molecular weight is 343 g/mol. The van der Waals surface area contributed by atoms with Crippen LogP contribution in [0.4, 0.5) is 0 Å². The Morgan fingerprint density at radius 3 is 2.48 bits per heavy atom. The molecular formula is C20H29N3O2. The molecule has 5 nitrogen and oxygen atoms in total. The number of carbonyl (C=O) groups is 2. The first-order valence-electron chi connectivity index (χ1n) is 9.54. The molecule has 2 aliphatic heterocycles. The molecule has 1 atom stereocenters. The van der Waals surface area contributed by atoms with E-state index in [4.69, 9.17) is 0 Å². The number of hydrogen-bond donors (Lipinski definition) is 1. The third kappa shape index (κ3) is 5.30. The minimum Gasteiger partial charge on any atom is -0.346 e. The number of hydrogen-bond acceptors (Lipinski definition) is 3. The van der Waals surface area contributed by atoms with E-state index in [2.05, 4.69) is 40.5 Å². The second kappa shape index (κ2) is 8.99.